The van der Waals surface area contributed by atoms with Gasteiger partial charge in [0.2, 0.25) is 0 Å². The quantitative estimate of drug-likeness (QED) is 0.881. The van der Waals surface area contributed by atoms with Crippen molar-refractivity contribution in [1.82, 2.24) is 10.3 Å². The normalized spacial score (nSPS) is 14.5. The Labute approximate surface area is 125 Å². The molecule has 3 rings (SSSR count). The second-order valence-electron chi connectivity index (χ2n) is 4.75. The van der Waals surface area contributed by atoms with Crippen molar-refractivity contribution < 1.29 is 9.13 Å². The van der Waals surface area contributed by atoms with Gasteiger partial charge in [0, 0.05) is 24.0 Å². The summed E-state index contributed by atoms with van der Waals surface area (Å²) in [5.74, 6) is -0.0191. The highest BCUT2D eigenvalue weighted by Gasteiger charge is 2.20. The summed E-state index contributed by atoms with van der Waals surface area (Å²) in [6.07, 6.45) is 2.53. The van der Waals surface area contributed by atoms with E-state index in [4.69, 9.17) is 16.3 Å². The Bertz CT molecular complexity index is 601. The Morgan fingerprint density at radius 2 is 2.30 bits per heavy atom. The Morgan fingerprint density at radius 3 is 3.05 bits per heavy atom. The van der Waals surface area contributed by atoms with E-state index in [2.05, 4.69) is 10.3 Å². The molecule has 1 aliphatic carbocycles. The lowest BCUT2D eigenvalue weighted by Gasteiger charge is -2.04. The van der Waals surface area contributed by atoms with Crippen LogP contribution >= 0.6 is 22.9 Å². The van der Waals surface area contributed by atoms with Gasteiger partial charge in [-0.2, -0.15) is 0 Å². The molecule has 0 aliphatic heterocycles. The van der Waals surface area contributed by atoms with Gasteiger partial charge in [-0.15, -0.1) is 11.3 Å². The molecule has 0 unspecified atom stereocenters. The van der Waals surface area contributed by atoms with Gasteiger partial charge < -0.3 is 10.1 Å². The number of halogens is 2. The number of hydrogen-bond donors (Lipinski definition) is 1. The lowest BCUT2D eigenvalue weighted by Crippen LogP contribution is -2.15. The minimum atomic E-state index is -0.475. The first-order valence-corrected chi connectivity index (χ1v) is 7.71. The molecule has 0 bridgehead atoms. The molecule has 6 heteroatoms. The molecule has 0 atom stereocenters. The molecule has 3 nitrogen and oxygen atoms in total. The zero-order valence-electron chi connectivity index (χ0n) is 10.7. The average Bonchev–Trinajstić information content (AvgIpc) is 3.16. The topological polar surface area (TPSA) is 34.1 Å². The maximum absolute atomic E-state index is 13.3. The van der Waals surface area contributed by atoms with E-state index in [1.165, 1.54) is 25.0 Å². The fourth-order valence-electron chi connectivity index (χ4n) is 1.74. The van der Waals surface area contributed by atoms with Crippen molar-refractivity contribution in [2.75, 3.05) is 0 Å². The molecule has 1 aliphatic rings. The summed E-state index contributed by atoms with van der Waals surface area (Å²) >= 11 is 7.23. The van der Waals surface area contributed by atoms with Crippen LogP contribution in [0.2, 0.25) is 5.02 Å². The third-order valence-electron chi connectivity index (χ3n) is 3.00. The maximum Gasteiger partial charge on any atom is 0.145 e. The molecular weight excluding hydrogens is 299 g/mol. The number of nitrogens with zero attached hydrogens (tertiary/aromatic N) is 1. The van der Waals surface area contributed by atoms with E-state index in [0.717, 1.165) is 17.2 Å². The number of thiazole rings is 1. The van der Waals surface area contributed by atoms with Crippen LogP contribution in [0, 0.1) is 5.82 Å². The Kier molecular flexibility index (Phi) is 4.19. The lowest BCUT2D eigenvalue weighted by molar-refractivity contribution is 0.300. The van der Waals surface area contributed by atoms with Crippen LogP contribution in [0.3, 0.4) is 0 Å². The predicted molar refractivity (Wildman–Crippen MR) is 77.7 cm³/mol. The molecule has 1 heterocycles. The monoisotopic (exact) mass is 312 g/mol. The van der Waals surface area contributed by atoms with E-state index >= 15 is 0 Å². The second-order valence-corrected chi connectivity index (χ2v) is 6.10. The van der Waals surface area contributed by atoms with Crippen LogP contribution in [-0.4, -0.2) is 11.0 Å². The number of rotatable bonds is 6. The molecule has 20 heavy (non-hydrogen) atoms. The summed E-state index contributed by atoms with van der Waals surface area (Å²) in [7, 11) is 0. The van der Waals surface area contributed by atoms with Gasteiger partial charge in [-0.25, -0.2) is 9.37 Å². The first-order chi connectivity index (χ1) is 9.70. The van der Waals surface area contributed by atoms with E-state index in [0.29, 0.717) is 18.4 Å². The van der Waals surface area contributed by atoms with Crippen LogP contribution in [0.15, 0.2) is 23.6 Å². The minimum absolute atomic E-state index is 0.0967. The van der Waals surface area contributed by atoms with Crippen molar-refractivity contribution in [3.63, 3.8) is 0 Å². The first-order valence-electron chi connectivity index (χ1n) is 6.45. The van der Waals surface area contributed by atoms with Crippen molar-refractivity contribution in [1.29, 1.82) is 0 Å². The van der Waals surface area contributed by atoms with Gasteiger partial charge in [0.1, 0.15) is 23.2 Å². The van der Waals surface area contributed by atoms with Crippen molar-refractivity contribution >= 4 is 22.9 Å². The molecule has 1 aromatic carbocycles. The van der Waals surface area contributed by atoms with Gasteiger partial charge >= 0.3 is 0 Å². The molecule has 1 N–H and O–H groups in total. The SMILES string of the molecule is Fc1cc(OCc2csc(CNC3CC3)n2)ccc1Cl. The second kappa shape index (κ2) is 6.08. The van der Waals surface area contributed by atoms with E-state index in [1.54, 1.807) is 17.4 Å². The molecule has 0 amide bonds. The largest absolute Gasteiger partial charge is 0.487 e. The van der Waals surface area contributed by atoms with E-state index in [9.17, 15) is 4.39 Å². The number of nitrogens with one attached hydrogen (secondary N) is 1. The van der Waals surface area contributed by atoms with Gasteiger partial charge in [-0.1, -0.05) is 11.6 Å². The zero-order valence-corrected chi connectivity index (χ0v) is 12.3. The summed E-state index contributed by atoms with van der Waals surface area (Å²) in [4.78, 5) is 4.48. The molecule has 0 saturated heterocycles. The smallest absolute Gasteiger partial charge is 0.145 e. The van der Waals surface area contributed by atoms with Crippen molar-refractivity contribution in [3.8, 4) is 5.75 Å². The summed E-state index contributed by atoms with van der Waals surface area (Å²) < 4.78 is 18.8. The molecular formula is C14H14ClFN2OS. The molecule has 2 aromatic rings. The third kappa shape index (κ3) is 3.69. The molecule has 0 spiro atoms. The van der Waals surface area contributed by atoms with E-state index < -0.39 is 5.82 Å². The third-order valence-corrected chi connectivity index (χ3v) is 4.20. The Balaban J connectivity index is 1.53. The lowest BCUT2D eigenvalue weighted by atomic mass is 10.3. The van der Waals surface area contributed by atoms with E-state index in [-0.39, 0.29) is 5.02 Å². The van der Waals surface area contributed by atoms with Crippen molar-refractivity contribution in [3.05, 3.63) is 45.1 Å². The molecule has 1 aromatic heterocycles. The summed E-state index contributed by atoms with van der Waals surface area (Å²) in [6.45, 7) is 1.14. The predicted octanol–water partition coefficient (Wildman–Crippen LogP) is 3.77. The first kappa shape index (κ1) is 13.8. The van der Waals surface area contributed by atoms with Gasteiger partial charge in [-0.05, 0) is 25.0 Å². The Morgan fingerprint density at radius 1 is 1.45 bits per heavy atom. The van der Waals surface area contributed by atoms with Crippen LogP contribution in [0.25, 0.3) is 0 Å². The van der Waals surface area contributed by atoms with Crippen molar-refractivity contribution in [2.24, 2.45) is 0 Å². The van der Waals surface area contributed by atoms with Crippen LogP contribution < -0.4 is 10.1 Å². The Hall–Kier alpha value is -1.17. The van der Waals surface area contributed by atoms with Crippen LogP contribution in [0.5, 0.6) is 5.75 Å². The van der Waals surface area contributed by atoms with Gasteiger partial charge in [0.05, 0.1) is 10.7 Å². The molecule has 1 saturated carbocycles. The highest BCUT2D eigenvalue weighted by atomic mass is 35.5. The molecule has 1 fully saturated rings. The summed E-state index contributed by atoms with van der Waals surface area (Å²) in [5.41, 5.74) is 0.859. The number of benzene rings is 1. The number of aromatic nitrogens is 1. The maximum atomic E-state index is 13.3. The van der Waals surface area contributed by atoms with Crippen LogP contribution in [-0.2, 0) is 13.2 Å². The fraction of sp³-hybridized carbons (Fsp3) is 0.357. The van der Waals surface area contributed by atoms with Crippen LogP contribution in [0.1, 0.15) is 23.5 Å². The zero-order chi connectivity index (χ0) is 13.9. The van der Waals surface area contributed by atoms with E-state index in [1.807, 2.05) is 5.38 Å². The average molecular weight is 313 g/mol. The van der Waals surface area contributed by atoms with Gasteiger partial charge in [0.15, 0.2) is 0 Å². The van der Waals surface area contributed by atoms with Crippen molar-refractivity contribution in [2.45, 2.75) is 32.0 Å². The molecule has 106 valence electrons. The minimum Gasteiger partial charge on any atom is -0.487 e. The summed E-state index contributed by atoms with van der Waals surface area (Å²) in [6, 6.07) is 5.09. The summed E-state index contributed by atoms with van der Waals surface area (Å²) in [5, 5.41) is 6.54. The van der Waals surface area contributed by atoms with Gasteiger partial charge in [-0.3, -0.25) is 0 Å². The fourth-order valence-corrected chi connectivity index (χ4v) is 2.59. The molecule has 0 radical (unpaired) electrons. The highest BCUT2D eigenvalue weighted by molar-refractivity contribution is 7.09. The number of ether oxygens (including phenoxy) is 1. The number of hydrogen-bond acceptors (Lipinski definition) is 4. The standard InChI is InChI=1S/C14H14ClFN2OS/c15-12-4-3-11(5-13(12)16)19-7-10-8-20-14(18-10)6-17-9-1-2-9/h3-5,8-9,17H,1-2,6-7H2. The van der Waals surface area contributed by atoms with Crippen LogP contribution in [0.4, 0.5) is 4.39 Å². The highest BCUT2D eigenvalue weighted by Crippen LogP contribution is 2.22. The van der Waals surface area contributed by atoms with Gasteiger partial charge in [0.25, 0.3) is 0 Å².